The van der Waals surface area contributed by atoms with Crippen LogP contribution < -0.4 is 0 Å². The number of hydrogen-bond acceptors (Lipinski definition) is 0. The van der Waals surface area contributed by atoms with Crippen molar-refractivity contribution in [3.63, 3.8) is 0 Å². The predicted octanol–water partition coefficient (Wildman–Crippen LogP) is 3.82. The maximum atomic E-state index is 12.9. The normalized spacial score (nSPS) is 10.2. The van der Waals surface area contributed by atoms with E-state index in [1.807, 2.05) is 0 Å². The molecule has 60 valence electrons. The lowest BCUT2D eigenvalue weighted by Gasteiger charge is -2.00. The van der Waals surface area contributed by atoms with Gasteiger partial charge in [0, 0.05) is 10.0 Å². The van der Waals surface area contributed by atoms with Crippen molar-refractivity contribution in [1.29, 1.82) is 0 Å². The lowest BCUT2D eigenvalue weighted by atomic mass is 10.2. The van der Waals surface area contributed by atoms with E-state index >= 15 is 0 Å². The first-order valence-electron chi connectivity index (χ1n) is 2.84. The Kier molecular flexibility index (Phi) is 3.01. The fourth-order valence-corrected chi connectivity index (χ4v) is 2.02. The van der Waals surface area contributed by atoms with Crippen molar-refractivity contribution in [1.82, 2.24) is 0 Å². The van der Waals surface area contributed by atoms with E-state index in [0.29, 0.717) is 4.47 Å². The van der Waals surface area contributed by atoms with Crippen molar-refractivity contribution in [2.24, 2.45) is 0 Å². The highest BCUT2D eigenvalue weighted by atomic mass is 79.9. The molecule has 0 unspecified atom stereocenters. The number of rotatable bonds is 1. The van der Waals surface area contributed by atoms with Gasteiger partial charge in [-0.2, -0.15) is 0 Å². The second-order valence-corrected chi connectivity index (χ2v) is 3.76. The summed E-state index contributed by atoms with van der Waals surface area (Å²) in [6.45, 7) is -0.788. The molecule has 0 amide bonds. The third-order valence-electron chi connectivity index (χ3n) is 1.21. The van der Waals surface area contributed by atoms with Gasteiger partial charge in [-0.3, -0.25) is 0 Å². The quantitative estimate of drug-likeness (QED) is 0.688. The summed E-state index contributed by atoms with van der Waals surface area (Å²) in [7, 11) is 0. The molecule has 0 aliphatic rings. The molecule has 0 atom stereocenters. The molecule has 0 spiro atoms. The smallest absolute Gasteiger partial charge is 0.143 e. The minimum atomic E-state index is -0.788. The van der Waals surface area contributed by atoms with E-state index in [0.717, 1.165) is 0 Å². The van der Waals surface area contributed by atoms with Gasteiger partial charge in [-0.05, 0) is 28.1 Å². The second kappa shape index (κ2) is 3.63. The van der Waals surface area contributed by atoms with Crippen LogP contribution in [0.4, 0.5) is 8.78 Å². The SMILES string of the molecule is FCc1cc(Br)cc(Br)c1F. The number of benzene rings is 1. The third-order valence-corrected chi connectivity index (χ3v) is 2.25. The summed E-state index contributed by atoms with van der Waals surface area (Å²) in [5.74, 6) is -0.532. The highest BCUT2D eigenvalue weighted by Crippen LogP contribution is 2.24. The fourth-order valence-electron chi connectivity index (χ4n) is 0.707. The molecular formula is C7H4Br2F2. The zero-order valence-electron chi connectivity index (χ0n) is 5.37. The molecule has 0 N–H and O–H groups in total. The number of halogens is 4. The van der Waals surface area contributed by atoms with Gasteiger partial charge in [0.1, 0.15) is 12.5 Å². The molecule has 0 heterocycles. The van der Waals surface area contributed by atoms with Crippen LogP contribution in [0.1, 0.15) is 5.56 Å². The molecule has 0 aliphatic heterocycles. The topological polar surface area (TPSA) is 0 Å². The maximum Gasteiger partial charge on any atom is 0.143 e. The molecule has 0 fully saturated rings. The second-order valence-electron chi connectivity index (χ2n) is 1.99. The molecule has 0 saturated carbocycles. The molecule has 0 aliphatic carbocycles. The first-order valence-corrected chi connectivity index (χ1v) is 4.43. The van der Waals surface area contributed by atoms with Crippen molar-refractivity contribution >= 4 is 31.9 Å². The van der Waals surface area contributed by atoms with Gasteiger partial charge in [-0.15, -0.1) is 0 Å². The van der Waals surface area contributed by atoms with Gasteiger partial charge in [0.25, 0.3) is 0 Å². The Hall–Kier alpha value is 0.0400. The molecule has 1 aromatic carbocycles. The molecular weight excluding hydrogens is 282 g/mol. The fraction of sp³-hybridized carbons (Fsp3) is 0.143. The maximum absolute atomic E-state index is 12.9. The Labute approximate surface area is 79.9 Å². The van der Waals surface area contributed by atoms with Gasteiger partial charge in [0.2, 0.25) is 0 Å². The molecule has 1 rings (SSSR count). The molecule has 11 heavy (non-hydrogen) atoms. The minimum absolute atomic E-state index is 0.0613. The van der Waals surface area contributed by atoms with Crippen LogP contribution in [0.15, 0.2) is 21.1 Å². The Morgan fingerprint density at radius 2 is 1.91 bits per heavy atom. The van der Waals surface area contributed by atoms with E-state index in [2.05, 4.69) is 31.9 Å². The van der Waals surface area contributed by atoms with Gasteiger partial charge in [-0.25, -0.2) is 8.78 Å². The largest absolute Gasteiger partial charge is 0.246 e. The predicted molar refractivity (Wildman–Crippen MR) is 46.6 cm³/mol. The van der Waals surface area contributed by atoms with Crippen molar-refractivity contribution in [2.45, 2.75) is 6.67 Å². The summed E-state index contributed by atoms with van der Waals surface area (Å²) in [6, 6.07) is 2.95. The Balaban J connectivity index is 3.24. The standard InChI is InChI=1S/C7H4Br2F2/c8-5-1-4(3-10)7(11)6(9)2-5/h1-2H,3H2. The lowest BCUT2D eigenvalue weighted by molar-refractivity contribution is 0.462. The van der Waals surface area contributed by atoms with Gasteiger partial charge >= 0.3 is 0 Å². The zero-order valence-corrected chi connectivity index (χ0v) is 8.55. The molecule has 0 saturated heterocycles. The number of hydrogen-bond donors (Lipinski definition) is 0. The van der Waals surface area contributed by atoms with Crippen LogP contribution >= 0.6 is 31.9 Å². The molecule has 4 heteroatoms. The van der Waals surface area contributed by atoms with Crippen molar-refractivity contribution < 1.29 is 8.78 Å². The first-order chi connectivity index (χ1) is 5.15. The van der Waals surface area contributed by atoms with E-state index in [4.69, 9.17) is 0 Å². The highest BCUT2D eigenvalue weighted by Gasteiger charge is 2.06. The number of alkyl halides is 1. The first kappa shape index (κ1) is 9.13. The summed E-state index contributed by atoms with van der Waals surface area (Å²) in [5, 5.41) is 0. The van der Waals surface area contributed by atoms with Gasteiger partial charge in [0.05, 0.1) is 4.47 Å². The molecule has 0 nitrogen and oxygen atoms in total. The molecule has 1 aromatic rings. The van der Waals surface area contributed by atoms with Crippen LogP contribution in [0.25, 0.3) is 0 Å². The summed E-state index contributed by atoms with van der Waals surface area (Å²) in [4.78, 5) is 0. The van der Waals surface area contributed by atoms with Crippen LogP contribution in [-0.2, 0) is 6.67 Å². The van der Waals surface area contributed by atoms with Crippen molar-refractivity contribution in [2.75, 3.05) is 0 Å². The summed E-state index contributed by atoms with van der Waals surface area (Å²) < 4.78 is 25.9. The van der Waals surface area contributed by atoms with Gasteiger partial charge in [-0.1, -0.05) is 15.9 Å². The van der Waals surface area contributed by atoms with Crippen molar-refractivity contribution in [3.8, 4) is 0 Å². The van der Waals surface area contributed by atoms with E-state index < -0.39 is 12.5 Å². The van der Waals surface area contributed by atoms with E-state index in [1.165, 1.54) is 12.1 Å². The summed E-state index contributed by atoms with van der Waals surface area (Å²) in [5.41, 5.74) is 0.0613. The molecule has 0 aromatic heterocycles. The molecule has 0 radical (unpaired) electrons. The average molecular weight is 286 g/mol. The van der Waals surface area contributed by atoms with Gasteiger partial charge in [0.15, 0.2) is 0 Å². The Bertz CT molecular complexity index is 273. The van der Waals surface area contributed by atoms with Crippen LogP contribution in [-0.4, -0.2) is 0 Å². The Morgan fingerprint density at radius 1 is 1.27 bits per heavy atom. The molecule has 0 bridgehead atoms. The van der Waals surface area contributed by atoms with Crippen LogP contribution in [0.5, 0.6) is 0 Å². The van der Waals surface area contributed by atoms with Crippen molar-refractivity contribution in [3.05, 3.63) is 32.5 Å². The average Bonchev–Trinajstić information content (AvgIpc) is 1.96. The van der Waals surface area contributed by atoms with Crippen LogP contribution in [0.2, 0.25) is 0 Å². The van der Waals surface area contributed by atoms with Gasteiger partial charge < -0.3 is 0 Å². The van der Waals surface area contributed by atoms with E-state index in [9.17, 15) is 8.78 Å². The van der Waals surface area contributed by atoms with E-state index in [1.54, 1.807) is 0 Å². The lowest BCUT2D eigenvalue weighted by Crippen LogP contribution is -1.87. The van der Waals surface area contributed by atoms with E-state index in [-0.39, 0.29) is 10.0 Å². The summed E-state index contributed by atoms with van der Waals surface area (Å²) in [6.07, 6.45) is 0. The highest BCUT2D eigenvalue weighted by molar-refractivity contribution is 9.11. The minimum Gasteiger partial charge on any atom is -0.246 e. The monoisotopic (exact) mass is 284 g/mol. The van der Waals surface area contributed by atoms with Crippen LogP contribution in [0, 0.1) is 5.82 Å². The summed E-state index contributed by atoms with van der Waals surface area (Å²) >= 11 is 6.09. The third kappa shape index (κ3) is 1.99. The Morgan fingerprint density at radius 3 is 2.45 bits per heavy atom. The van der Waals surface area contributed by atoms with Crippen LogP contribution in [0.3, 0.4) is 0 Å². The zero-order chi connectivity index (χ0) is 8.43.